The van der Waals surface area contributed by atoms with E-state index in [1.807, 2.05) is 6.07 Å². The van der Waals surface area contributed by atoms with E-state index >= 15 is 0 Å². The van der Waals surface area contributed by atoms with Crippen LogP contribution in [0.1, 0.15) is 29.9 Å². The first-order valence-electron chi connectivity index (χ1n) is 6.84. The minimum absolute atomic E-state index is 0.223. The summed E-state index contributed by atoms with van der Waals surface area (Å²) in [6.45, 7) is 3.92. The van der Waals surface area contributed by atoms with Gasteiger partial charge in [0.05, 0.1) is 16.9 Å². The Kier molecular flexibility index (Phi) is 4.00. The molecule has 110 valence electrons. The van der Waals surface area contributed by atoms with Crippen molar-refractivity contribution in [1.29, 1.82) is 0 Å². The average Bonchev–Trinajstić information content (AvgIpc) is 3.06. The molecule has 1 aromatic carbocycles. The Labute approximate surface area is 132 Å². The normalized spacial score (nSPS) is 13.0. The zero-order valence-electron chi connectivity index (χ0n) is 11.9. The maximum atomic E-state index is 13.7. The predicted octanol–water partition coefficient (Wildman–Crippen LogP) is 5.09. The summed E-state index contributed by atoms with van der Waals surface area (Å²) in [4.78, 5) is 4.48. The van der Waals surface area contributed by atoms with Crippen molar-refractivity contribution in [3.63, 3.8) is 0 Å². The van der Waals surface area contributed by atoms with Crippen molar-refractivity contribution in [1.82, 2.24) is 9.55 Å². The van der Waals surface area contributed by atoms with Crippen LogP contribution in [0, 0.1) is 12.7 Å². The number of aryl methyl sites for hydroxylation is 1. The van der Waals surface area contributed by atoms with Crippen molar-refractivity contribution in [3.8, 4) is 0 Å². The van der Waals surface area contributed by atoms with Crippen LogP contribution in [-0.2, 0) is 12.3 Å². The van der Waals surface area contributed by atoms with Crippen LogP contribution in [0.5, 0.6) is 0 Å². The summed E-state index contributed by atoms with van der Waals surface area (Å²) in [7, 11) is 0. The maximum Gasteiger partial charge on any atom is 0.128 e. The lowest BCUT2D eigenvalue weighted by atomic mass is 10.1. The predicted molar refractivity (Wildman–Crippen MR) is 86.7 cm³/mol. The van der Waals surface area contributed by atoms with Gasteiger partial charge in [0.2, 0.25) is 0 Å². The van der Waals surface area contributed by atoms with Gasteiger partial charge in [-0.3, -0.25) is 0 Å². The van der Waals surface area contributed by atoms with Gasteiger partial charge in [-0.1, -0.05) is 0 Å². The third kappa shape index (κ3) is 2.70. The fourth-order valence-electron chi connectivity index (χ4n) is 2.70. The molecule has 0 aliphatic heterocycles. The van der Waals surface area contributed by atoms with E-state index in [0.29, 0.717) is 17.0 Å². The Balaban J connectivity index is 2.09. The van der Waals surface area contributed by atoms with Gasteiger partial charge in [0.1, 0.15) is 11.6 Å². The highest BCUT2D eigenvalue weighted by atomic mass is 35.5. The number of thiophene rings is 1. The number of imidazole rings is 1. The van der Waals surface area contributed by atoms with Crippen molar-refractivity contribution < 1.29 is 4.39 Å². The van der Waals surface area contributed by atoms with Gasteiger partial charge in [-0.15, -0.1) is 11.6 Å². The number of fused-ring (bicyclic) bond motifs is 1. The number of aromatic nitrogens is 2. The lowest BCUT2D eigenvalue weighted by Gasteiger charge is -2.16. The third-order valence-electron chi connectivity index (χ3n) is 3.71. The molecule has 0 saturated heterocycles. The van der Waals surface area contributed by atoms with Crippen LogP contribution in [-0.4, -0.2) is 9.55 Å². The molecule has 0 fully saturated rings. The van der Waals surface area contributed by atoms with Gasteiger partial charge < -0.3 is 4.57 Å². The molecule has 5 heteroatoms. The number of rotatable bonds is 4. The van der Waals surface area contributed by atoms with Crippen molar-refractivity contribution in [2.24, 2.45) is 0 Å². The number of hydrogen-bond donors (Lipinski definition) is 0. The molecule has 2 heterocycles. The van der Waals surface area contributed by atoms with E-state index in [0.717, 1.165) is 17.8 Å². The van der Waals surface area contributed by atoms with Crippen molar-refractivity contribution in [3.05, 3.63) is 51.7 Å². The molecule has 1 atom stereocenters. The lowest BCUT2D eigenvalue weighted by Crippen LogP contribution is -2.11. The molecule has 0 N–H and O–H groups in total. The average molecular weight is 323 g/mol. The zero-order chi connectivity index (χ0) is 15.0. The summed E-state index contributed by atoms with van der Waals surface area (Å²) in [6, 6.07) is 5.71. The highest BCUT2D eigenvalue weighted by Crippen LogP contribution is 2.27. The van der Waals surface area contributed by atoms with Crippen molar-refractivity contribution >= 4 is 34.0 Å². The maximum absolute atomic E-state index is 13.7. The van der Waals surface area contributed by atoms with Crippen LogP contribution < -0.4 is 0 Å². The van der Waals surface area contributed by atoms with E-state index in [-0.39, 0.29) is 11.9 Å². The molecular formula is C16H16ClFN2S. The second-order valence-corrected chi connectivity index (χ2v) is 6.35. The number of alkyl halides is 1. The smallest absolute Gasteiger partial charge is 0.128 e. The minimum atomic E-state index is -0.223. The second-order valence-electron chi connectivity index (χ2n) is 5.31. The Bertz CT molecular complexity index is 764. The summed E-state index contributed by atoms with van der Waals surface area (Å²) in [5.41, 5.74) is 3.56. The van der Waals surface area contributed by atoms with Gasteiger partial charge in [-0.2, -0.15) is 11.3 Å². The Morgan fingerprint density at radius 2 is 2.24 bits per heavy atom. The van der Waals surface area contributed by atoms with Crippen molar-refractivity contribution in [2.45, 2.75) is 32.2 Å². The van der Waals surface area contributed by atoms with E-state index in [1.54, 1.807) is 18.3 Å². The van der Waals surface area contributed by atoms with Crippen LogP contribution in [0.4, 0.5) is 4.39 Å². The van der Waals surface area contributed by atoms with Gasteiger partial charge in [-0.25, -0.2) is 9.37 Å². The first-order chi connectivity index (χ1) is 10.1. The molecule has 1 unspecified atom stereocenters. The first-order valence-corrected chi connectivity index (χ1v) is 8.32. The molecule has 2 aromatic heterocycles. The monoisotopic (exact) mass is 322 g/mol. The van der Waals surface area contributed by atoms with Crippen LogP contribution in [0.2, 0.25) is 0 Å². The van der Waals surface area contributed by atoms with Gasteiger partial charge in [-0.05, 0) is 54.3 Å². The van der Waals surface area contributed by atoms with Crippen LogP contribution in [0.3, 0.4) is 0 Å². The number of benzene rings is 1. The molecule has 0 aliphatic carbocycles. The summed E-state index contributed by atoms with van der Waals surface area (Å²) in [6.07, 6.45) is 0.912. The summed E-state index contributed by atoms with van der Waals surface area (Å²) >= 11 is 7.73. The highest BCUT2D eigenvalue weighted by Gasteiger charge is 2.17. The lowest BCUT2D eigenvalue weighted by molar-refractivity contribution is 0.544. The number of hydrogen-bond acceptors (Lipinski definition) is 2. The van der Waals surface area contributed by atoms with Crippen molar-refractivity contribution in [2.75, 3.05) is 0 Å². The quantitative estimate of drug-likeness (QED) is 0.612. The van der Waals surface area contributed by atoms with Gasteiger partial charge >= 0.3 is 0 Å². The number of halogens is 2. The molecule has 0 amide bonds. The topological polar surface area (TPSA) is 17.8 Å². The fourth-order valence-corrected chi connectivity index (χ4v) is 3.57. The molecule has 0 radical (unpaired) electrons. The van der Waals surface area contributed by atoms with Gasteiger partial charge in [0.25, 0.3) is 0 Å². The van der Waals surface area contributed by atoms with E-state index in [1.165, 1.54) is 11.6 Å². The molecule has 0 spiro atoms. The Hall–Kier alpha value is -1.39. The summed E-state index contributed by atoms with van der Waals surface area (Å²) < 4.78 is 15.9. The molecule has 21 heavy (non-hydrogen) atoms. The van der Waals surface area contributed by atoms with Gasteiger partial charge in [0.15, 0.2) is 0 Å². The molecule has 3 aromatic rings. The molecular weight excluding hydrogens is 307 g/mol. The highest BCUT2D eigenvalue weighted by molar-refractivity contribution is 7.07. The third-order valence-corrected chi connectivity index (χ3v) is 4.69. The second kappa shape index (κ2) is 5.78. The first kappa shape index (κ1) is 14.5. The van der Waals surface area contributed by atoms with Gasteiger partial charge in [0, 0.05) is 12.1 Å². The Morgan fingerprint density at radius 1 is 1.43 bits per heavy atom. The molecule has 2 nitrogen and oxygen atoms in total. The van der Waals surface area contributed by atoms with E-state index in [2.05, 4.69) is 33.3 Å². The standard InChI is InChI=1S/C16H16ClFN2S/c1-10-5-15-14(7-13(10)18)19-16(8-17)20(15)11(2)6-12-3-4-21-9-12/h3-5,7,9,11H,6,8H2,1-2H3. The van der Waals surface area contributed by atoms with Crippen LogP contribution >= 0.6 is 22.9 Å². The molecule has 0 saturated carbocycles. The Morgan fingerprint density at radius 3 is 2.90 bits per heavy atom. The minimum Gasteiger partial charge on any atom is -0.324 e. The SMILES string of the molecule is Cc1cc2c(cc1F)nc(CCl)n2C(C)Cc1ccsc1. The zero-order valence-corrected chi connectivity index (χ0v) is 13.5. The summed E-state index contributed by atoms with van der Waals surface area (Å²) in [5, 5.41) is 4.23. The van der Waals surface area contributed by atoms with E-state index in [4.69, 9.17) is 11.6 Å². The molecule has 3 rings (SSSR count). The number of nitrogens with zero attached hydrogens (tertiary/aromatic N) is 2. The molecule has 0 bridgehead atoms. The fraction of sp³-hybridized carbons (Fsp3) is 0.312. The van der Waals surface area contributed by atoms with Crippen LogP contribution in [0.25, 0.3) is 11.0 Å². The molecule has 0 aliphatic rings. The largest absolute Gasteiger partial charge is 0.324 e. The summed E-state index contributed by atoms with van der Waals surface area (Å²) in [5.74, 6) is 0.890. The van der Waals surface area contributed by atoms with Crippen LogP contribution in [0.15, 0.2) is 29.0 Å². The van der Waals surface area contributed by atoms with E-state index in [9.17, 15) is 4.39 Å². The van der Waals surface area contributed by atoms with E-state index < -0.39 is 0 Å².